The van der Waals surface area contributed by atoms with Crippen molar-refractivity contribution in [2.75, 3.05) is 7.05 Å². The molecule has 0 saturated heterocycles. The highest BCUT2D eigenvalue weighted by Gasteiger charge is 2.07. The van der Waals surface area contributed by atoms with Crippen LogP contribution in [0.2, 0.25) is 0 Å². The van der Waals surface area contributed by atoms with E-state index in [1.165, 1.54) is 0 Å². The minimum absolute atomic E-state index is 0.559. The quantitative estimate of drug-likeness (QED) is 0.441. The van der Waals surface area contributed by atoms with Crippen LogP contribution in [-0.2, 0) is 6.54 Å². The molecule has 0 radical (unpaired) electrons. The molecule has 116 valence electrons. The zero-order valence-electron chi connectivity index (χ0n) is 12.7. The first-order valence-corrected chi connectivity index (χ1v) is 7.73. The molecular weight excluding hydrogens is 306 g/mol. The molecule has 23 heavy (non-hydrogen) atoms. The Balaban J connectivity index is 2.21. The van der Waals surface area contributed by atoms with Gasteiger partial charge in [-0.15, -0.1) is 12.6 Å². The predicted octanol–water partition coefficient (Wildman–Crippen LogP) is 2.83. The summed E-state index contributed by atoms with van der Waals surface area (Å²) in [6, 6.07) is 16.0. The number of nitrogens with one attached hydrogen (secondary N) is 1. The van der Waals surface area contributed by atoms with E-state index < -0.39 is 0 Å². The molecule has 0 unspecified atom stereocenters. The number of nitrogens with zero attached hydrogens (tertiary/aromatic N) is 2. The van der Waals surface area contributed by atoms with Crippen LogP contribution in [0, 0.1) is 0 Å². The molecule has 5 heteroatoms. The van der Waals surface area contributed by atoms with E-state index in [0.717, 1.165) is 27.6 Å². The second-order valence-electron chi connectivity index (χ2n) is 5.20. The average Bonchev–Trinajstić information content (AvgIpc) is 2.59. The van der Waals surface area contributed by atoms with Crippen LogP contribution in [0.3, 0.4) is 0 Å². The lowest BCUT2D eigenvalue weighted by atomic mass is 10.1. The Morgan fingerprint density at radius 3 is 2.61 bits per heavy atom. The normalized spacial score (nSPS) is 11.7. The van der Waals surface area contributed by atoms with Crippen molar-refractivity contribution >= 4 is 29.8 Å². The molecule has 0 amide bonds. The van der Waals surface area contributed by atoms with Gasteiger partial charge in [0, 0.05) is 30.1 Å². The predicted molar refractivity (Wildman–Crippen MR) is 94.7 cm³/mol. The largest absolute Gasteiger partial charge is 0.342 e. The summed E-state index contributed by atoms with van der Waals surface area (Å²) in [7, 11) is 1.73. The van der Waals surface area contributed by atoms with E-state index in [4.69, 9.17) is 0 Å². The van der Waals surface area contributed by atoms with Crippen LogP contribution in [0.15, 0.2) is 64.7 Å². The molecule has 0 aliphatic heterocycles. The lowest BCUT2D eigenvalue weighted by Crippen LogP contribution is -2.19. The fourth-order valence-corrected chi connectivity index (χ4v) is 2.78. The van der Waals surface area contributed by atoms with Crippen LogP contribution < -0.4 is 10.8 Å². The number of para-hydroxylation sites is 1. The maximum Gasteiger partial charge on any atom is 0.153 e. The topological polar surface area (TPSA) is 46.4 Å². The molecule has 0 bridgehead atoms. The van der Waals surface area contributed by atoms with Gasteiger partial charge in [0.05, 0.1) is 11.1 Å². The van der Waals surface area contributed by atoms with Gasteiger partial charge in [-0.3, -0.25) is 4.79 Å². The lowest BCUT2D eigenvalue weighted by molar-refractivity contribution is 0.112. The number of pyridine rings is 1. The summed E-state index contributed by atoms with van der Waals surface area (Å²) in [4.78, 5) is 12.4. The third-order valence-electron chi connectivity index (χ3n) is 3.68. The van der Waals surface area contributed by atoms with Crippen molar-refractivity contribution in [1.29, 1.82) is 0 Å². The van der Waals surface area contributed by atoms with Crippen molar-refractivity contribution in [1.82, 2.24) is 9.99 Å². The number of carbonyl (C=O) groups excluding carboxylic acids is 1. The van der Waals surface area contributed by atoms with E-state index in [0.29, 0.717) is 17.5 Å². The van der Waals surface area contributed by atoms with Gasteiger partial charge >= 0.3 is 0 Å². The van der Waals surface area contributed by atoms with Gasteiger partial charge < -0.3 is 9.99 Å². The number of aromatic nitrogens is 1. The van der Waals surface area contributed by atoms with Crippen LogP contribution in [0.25, 0.3) is 10.9 Å². The number of benzene rings is 2. The van der Waals surface area contributed by atoms with Crippen molar-refractivity contribution in [2.24, 2.45) is 5.10 Å². The lowest BCUT2D eigenvalue weighted by Gasteiger charge is -2.13. The zero-order valence-corrected chi connectivity index (χ0v) is 13.6. The van der Waals surface area contributed by atoms with Gasteiger partial charge in [-0.05, 0) is 23.8 Å². The molecule has 1 aromatic heterocycles. The van der Waals surface area contributed by atoms with E-state index in [-0.39, 0.29) is 0 Å². The molecule has 3 rings (SSSR count). The Bertz CT molecular complexity index is 914. The highest BCUT2D eigenvalue weighted by molar-refractivity contribution is 7.80. The fraction of sp³-hybridized carbons (Fsp3) is 0.111. The molecule has 0 saturated carbocycles. The van der Waals surface area contributed by atoms with Crippen molar-refractivity contribution < 1.29 is 4.79 Å². The van der Waals surface area contributed by atoms with Gasteiger partial charge in [0.15, 0.2) is 6.29 Å². The van der Waals surface area contributed by atoms with Gasteiger partial charge in [-0.1, -0.05) is 30.3 Å². The molecule has 0 aliphatic rings. The molecule has 1 N–H and O–H groups in total. The van der Waals surface area contributed by atoms with E-state index in [1.807, 2.05) is 54.7 Å². The van der Waals surface area contributed by atoms with Crippen molar-refractivity contribution in [3.05, 3.63) is 71.2 Å². The Hall–Kier alpha value is -2.53. The number of hydrogen-bond acceptors (Lipinski definition) is 4. The first kappa shape index (κ1) is 15.4. The molecule has 0 atom stereocenters. The molecule has 1 heterocycles. The Morgan fingerprint density at radius 2 is 1.91 bits per heavy atom. The fourth-order valence-electron chi connectivity index (χ4n) is 2.63. The summed E-state index contributed by atoms with van der Waals surface area (Å²) in [5.74, 6) is 0. The van der Waals surface area contributed by atoms with E-state index in [1.54, 1.807) is 7.05 Å². The van der Waals surface area contributed by atoms with Gasteiger partial charge in [0.1, 0.15) is 5.36 Å². The first-order chi connectivity index (χ1) is 11.2. The minimum Gasteiger partial charge on any atom is -0.342 e. The summed E-state index contributed by atoms with van der Waals surface area (Å²) >= 11 is 4.31. The Kier molecular flexibility index (Phi) is 4.48. The average molecular weight is 323 g/mol. The van der Waals surface area contributed by atoms with Gasteiger partial charge in [-0.2, -0.15) is 5.10 Å². The highest BCUT2D eigenvalue weighted by Crippen LogP contribution is 2.15. The number of aldehydes is 1. The smallest absolute Gasteiger partial charge is 0.153 e. The third-order valence-corrected chi connectivity index (χ3v) is 3.97. The highest BCUT2D eigenvalue weighted by atomic mass is 32.1. The van der Waals surface area contributed by atoms with Crippen LogP contribution >= 0.6 is 12.6 Å². The van der Waals surface area contributed by atoms with E-state index >= 15 is 0 Å². The van der Waals surface area contributed by atoms with Gasteiger partial charge in [-0.25, -0.2) is 0 Å². The number of carbonyl (C=O) groups is 1. The maximum atomic E-state index is 11.5. The monoisotopic (exact) mass is 323 g/mol. The SMILES string of the molecule is CN/N=c1\c(C=O)cn(Cc2ccc(S)cc2)c2ccccc12. The van der Waals surface area contributed by atoms with Gasteiger partial charge in [0.25, 0.3) is 0 Å². The molecule has 3 aromatic rings. The van der Waals surface area contributed by atoms with Crippen LogP contribution in [-0.4, -0.2) is 17.9 Å². The zero-order chi connectivity index (χ0) is 16.2. The minimum atomic E-state index is 0.559. The van der Waals surface area contributed by atoms with E-state index in [9.17, 15) is 4.79 Å². The number of thiol groups is 1. The summed E-state index contributed by atoms with van der Waals surface area (Å²) < 4.78 is 2.07. The number of fused-ring (bicyclic) bond motifs is 1. The third kappa shape index (κ3) is 3.14. The standard InChI is InChI=1S/C18H17N3OS/c1-19-20-18-14(12-22)11-21(17-5-3-2-4-16(17)18)10-13-6-8-15(23)9-7-13/h2-9,11-12,19,23H,10H2,1H3/b20-18+. The van der Waals surface area contributed by atoms with Crippen LogP contribution in [0.1, 0.15) is 15.9 Å². The van der Waals surface area contributed by atoms with Crippen molar-refractivity contribution in [3.8, 4) is 0 Å². The van der Waals surface area contributed by atoms with Crippen molar-refractivity contribution in [3.63, 3.8) is 0 Å². The van der Waals surface area contributed by atoms with Crippen LogP contribution in [0.4, 0.5) is 0 Å². The second kappa shape index (κ2) is 6.71. The summed E-state index contributed by atoms with van der Waals surface area (Å²) in [6.45, 7) is 0.676. The van der Waals surface area contributed by atoms with Gasteiger partial charge in [0.2, 0.25) is 0 Å². The molecule has 0 aliphatic carbocycles. The number of rotatable bonds is 4. The summed E-state index contributed by atoms with van der Waals surface area (Å²) in [6.07, 6.45) is 2.69. The molecule has 0 spiro atoms. The Morgan fingerprint density at radius 1 is 1.17 bits per heavy atom. The summed E-state index contributed by atoms with van der Waals surface area (Å²) in [5, 5.41) is 5.87. The molecule has 4 nitrogen and oxygen atoms in total. The maximum absolute atomic E-state index is 11.5. The molecule has 2 aromatic carbocycles. The Labute approximate surface area is 139 Å². The second-order valence-corrected chi connectivity index (χ2v) is 5.71. The van der Waals surface area contributed by atoms with Crippen molar-refractivity contribution in [2.45, 2.75) is 11.4 Å². The van der Waals surface area contributed by atoms with Crippen LogP contribution in [0.5, 0.6) is 0 Å². The summed E-state index contributed by atoms with van der Waals surface area (Å²) in [5.41, 5.74) is 5.51. The molecule has 0 fully saturated rings. The molecular formula is C18H17N3OS. The first-order valence-electron chi connectivity index (χ1n) is 7.28. The number of hydrogen-bond donors (Lipinski definition) is 2. The van der Waals surface area contributed by atoms with E-state index in [2.05, 4.69) is 27.7 Å².